The summed E-state index contributed by atoms with van der Waals surface area (Å²) < 4.78 is 11.1. The molecule has 9 nitrogen and oxygen atoms in total. The summed E-state index contributed by atoms with van der Waals surface area (Å²) >= 11 is 0. The fourth-order valence-corrected chi connectivity index (χ4v) is 4.73. The van der Waals surface area contributed by atoms with Crippen molar-refractivity contribution in [2.75, 3.05) is 13.2 Å². The summed E-state index contributed by atoms with van der Waals surface area (Å²) in [5, 5.41) is 53.3. The molecule has 0 aromatic carbocycles. The van der Waals surface area contributed by atoms with Crippen LogP contribution in [0.15, 0.2) is 12.2 Å². The largest absolute Gasteiger partial charge is 0.394 e. The van der Waals surface area contributed by atoms with Crippen LogP contribution in [0.5, 0.6) is 0 Å². The number of allylic oxidation sites excluding steroid dienone is 2. The van der Waals surface area contributed by atoms with Crippen LogP contribution in [0.1, 0.15) is 117 Å². The van der Waals surface area contributed by atoms with Gasteiger partial charge < -0.3 is 40.3 Å². The van der Waals surface area contributed by atoms with Crippen molar-refractivity contribution in [1.29, 1.82) is 0 Å². The van der Waals surface area contributed by atoms with E-state index in [1.165, 1.54) is 12.8 Å². The summed E-state index contributed by atoms with van der Waals surface area (Å²) in [5.41, 5.74) is 0. The molecule has 1 rings (SSSR count). The number of carbonyl (C=O) groups excluding carboxylic acids is 1. The zero-order chi connectivity index (χ0) is 28.9. The molecular weight excluding hydrogens is 502 g/mol. The minimum atomic E-state index is -1.55. The molecule has 1 heterocycles. The number of amides is 1. The molecule has 0 spiro atoms. The van der Waals surface area contributed by atoms with Crippen LogP contribution in [0.3, 0.4) is 0 Å². The van der Waals surface area contributed by atoms with E-state index >= 15 is 0 Å². The highest BCUT2D eigenvalue weighted by atomic mass is 16.7. The second-order valence-electron chi connectivity index (χ2n) is 10.9. The molecule has 0 aromatic heterocycles. The fourth-order valence-electron chi connectivity index (χ4n) is 4.73. The number of ether oxygens (including phenoxy) is 2. The second-order valence-corrected chi connectivity index (χ2v) is 10.9. The highest BCUT2D eigenvalue weighted by Gasteiger charge is 2.44. The summed E-state index contributed by atoms with van der Waals surface area (Å²) in [4.78, 5) is 12.7. The van der Waals surface area contributed by atoms with E-state index in [1.54, 1.807) is 0 Å². The van der Waals surface area contributed by atoms with Crippen LogP contribution >= 0.6 is 0 Å². The second kappa shape index (κ2) is 22.6. The standard InChI is InChI=1S/C30H57NO8/c1-3-5-7-9-10-11-12-13-14-16-18-20-26(34)31-23(24(33)19-17-15-8-6-4-2)22-38-30-29(37)28(36)27(35)25(21-32)39-30/h9-10,23-25,27-30,32-33,35-37H,3-8,11-22H2,1-2H3,(H,31,34)/b10-9-. The highest BCUT2D eigenvalue weighted by Crippen LogP contribution is 2.22. The summed E-state index contributed by atoms with van der Waals surface area (Å²) in [6.45, 7) is 3.64. The van der Waals surface area contributed by atoms with Crippen LogP contribution in [0.2, 0.25) is 0 Å². The van der Waals surface area contributed by atoms with Gasteiger partial charge >= 0.3 is 0 Å². The van der Waals surface area contributed by atoms with E-state index in [9.17, 15) is 30.3 Å². The summed E-state index contributed by atoms with van der Waals surface area (Å²) in [6, 6.07) is -0.712. The number of hydrogen-bond donors (Lipinski definition) is 6. The highest BCUT2D eigenvalue weighted by molar-refractivity contribution is 5.76. The van der Waals surface area contributed by atoms with E-state index in [-0.39, 0.29) is 12.5 Å². The summed E-state index contributed by atoms with van der Waals surface area (Å²) in [6.07, 6.45) is 12.7. The number of aliphatic hydroxyl groups excluding tert-OH is 5. The Balaban J connectivity index is 2.49. The van der Waals surface area contributed by atoms with Gasteiger partial charge in [-0.2, -0.15) is 0 Å². The molecule has 1 aliphatic rings. The lowest BCUT2D eigenvalue weighted by atomic mass is 9.99. The topological polar surface area (TPSA) is 149 Å². The number of aliphatic hydroxyl groups is 5. The van der Waals surface area contributed by atoms with Crippen LogP contribution in [0, 0.1) is 0 Å². The van der Waals surface area contributed by atoms with Crippen molar-refractivity contribution >= 4 is 5.91 Å². The third-order valence-electron chi connectivity index (χ3n) is 7.37. The Hall–Kier alpha value is -1.07. The zero-order valence-electron chi connectivity index (χ0n) is 24.4. The number of unbranched alkanes of at least 4 members (excludes halogenated alkanes) is 11. The monoisotopic (exact) mass is 559 g/mol. The van der Waals surface area contributed by atoms with Crippen LogP contribution in [-0.4, -0.2) is 87.5 Å². The first kappa shape index (κ1) is 36.0. The Kier molecular flexibility index (Phi) is 20.8. The SMILES string of the molecule is CCCC/C=C\CCCCCCCC(=O)NC(COC1OC(CO)C(O)C(O)C1O)C(O)CCCCCCC. The Morgan fingerprint density at radius 3 is 2.15 bits per heavy atom. The molecule has 39 heavy (non-hydrogen) atoms. The van der Waals surface area contributed by atoms with Crippen LogP contribution in [0.4, 0.5) is 0 Å². The van der Waals surface area contributed by atoms with Crippen molar-refractivity contribution in [1.82, 2.24) is 5.32 Å². The number of nitrogens with one attached hydrogen (secondary N) is 1. The predicted octanol–water partition coefficient (Wildman–Crippen LogP) is 3.49. The maximum atomic E-state index is 12.7. The molecular formula is C30H57NO8. The Labute approximate surface area is 236 Å². The first-order valence-electron chi connectivity index (χ1n) is 15.4. The minimum Gasteiger partial charge on any atom is -0.394 e. The van der Waals surface area contributed by atoms with Gasteiger partial charge in [-0.25, -0.2) is 0 Å². The fraction of sp³-hybridized carbons (Fsp3) is 0.900. The Morgan fingerprint density at radius 2 is 1.46 bits per heavy atom. The van der Waals surface area contributed by atoms with Crippen molar-refractivity contribution in [3.05, 3.63) is 12.2 Å². The summed E-state index contributed by atoms with van der Waals surface area (Å²) in [5.74, 6) is -0.165. The molecule has 1 amide bonds. The van der Waals surface area contributed by atoms with Crippen LogP contribution in [0.25, 0.3) is 0 Å². The maximum absolute atomic E-state index is 12.7. The molecule has 1 aliphatic heterocycles. The van der Waals surface area contributed by atoms with Gasteiger partial charge in [0.2, 0.25) is 5.91 Å². The lowest BCUT2D eigenvalue weighted by Crippen LogP contribution is -2.60. The van der Waals surface area contributed by atoms with Gasteiger partial charge in [0.25, 0.3) is 0 Å². The average molecular weight is 560 g/mol. The molecule has 0 saturated carbocycles. The van der Waals surface area contributed by atoms with E-state index in [1.807, 2.05) is 0 Å². The molecule has 7 atom stereocenters. The summed E-state index contributed by atoms with van der Waals surface area (Å²) in [7, 11) is 0. The van der Waals surface area contributed by atoms with Crippen LogP contribution < -0.4 is 5.32 Å². The molecule has 230 valence electrons. The lowest BCUT2D eigenvalue weighted by molar-refractivity contribution is -0.302. The van der Waals surface area contributed by atoms with Crippen molar-refractivity contribution < 1.29 is 39.8 Å². The number of carbonyl (C=O) groups is 1. The first-order valence-corrected chi connectivity index (χ1v) is 15.4. The Bertz CT molecular complexity index is 632. The normalized spacial score (nSPS) is 25.2. The van der Waals surface area contributed by atoms with Crippen molar-refractivity contribution in [3.8, 4) is 0 Å². The predicted molar refractivity (Wildman–Crippen MR) is 152 cm³/mol. The van der Waals surface area contributed by atoms with Gasteiger partial charge in [-0.15, -0.1) is 0 Å². The van der Waals surface area contributed by atoms with Crippen LogP contribution in [-0.2, 0) is 14.3 Å². The molecule has 0 bridgehead atoms. The first-order chi connectivity index (χ1) is 18.8. The molecule has 6 N–H and O–H groups in total. The molecule has 1 fully saturated rings. The Morgan fingerprint density at radius 1 is 0.846 bits per heavy atom. The van der Waals surface area contributed by atoms with Gasteiger partial charge in [-0.1, -0.05) is 90.2 Å². The van der Waals surface area contributed by atoms with Gasteiger partial charge in [0.1, 0.15) is 24.4 Å². The quantitative estimate of drug-likeness (QED) is 0.0823. The number of hydrogen-bond acceptors (Lipinski definition) is 8. The number of rotatable bonds is 23. The van der Waals surface area contributed by atoms with E-state index < -0.39 is 49.5 Å². The van der Waals surface area contributed by atoms with E-state index in [0.717, 1.165) is 77.0 Å². The van der Waals surface area contributed by atoms with Gasteiger partial charge in [0, 0.05) is 6.42 Å². The third kappa shape index (κ3) is 15.5. The van der Waals surface area contributed by atoms with E-state index in [4.69, 9.17) is 9.47 Å². The van der Waals surface area contributed by atoms with Gasteiger partial charge in [-0.3, -0.25) is 4.79 Å². The van der Waals surface area contributed by atoms with Crippen molar-refractivity contribution in [2.24, 2.45) is 0 Å². The average Bonchev–Trinajstić information content (AvgIpc) is 2.93. The van der Waals surface area contributed by atoms with Gasteiger partial charge in [-0.05, 0) is 32.1 Å². The smallest absolute Gasteiger partial charge is 0.220 e. The zero-order valence-corrected chi connectivity index (χ0v) is 24.4. The maximum Gasteiger partial charge on any atom is 0.220 e. The van der Waals surface area contributed by atoms with E-state index in [2.05, 4.69) is 31.3 Å². The van der Waals surface area contributed by atoms with Crippen molar-refractivity contribution in [2.45, 2.75) is 159 Å². The molecule has 0 aliphatic carbocycles. The van der Waals surface area contributed by atoms with Gasteiger partial charge in [0.15, 0.2) is 6.29 Å². The molecule has 1 saturated heterocycles. The molecule has 0 radical (unpaired) electrons. The van der Waals surface area contributed by atoms with Crippen molar-refractivity contribution in [3.63, 3.8) is 0 Å². The van der Waals surface area contributed by atoms with Gasteiger partial charge in [0.05, 0.1) is 25.4 Å². The molecule has 7 unspecified atom stereocenters. The minimum absolute atomic E-state index is 0.143. The lowest BCUT2D eigenvalue weighted by Gasteiger charge is -2.40. The molecule has 9 heteroatoms. The van der Waals surface area contributed by atoms with E-state index in [0.29, 0.717) is 12.8 Å². The molecule has 0 aromatic rings. The third-order valence-corrected chi connectivity index (χ3v) is 7.37.